The van der Waals surface area contributed by atoms with Gasteiger partial charge in [0, 0.05) is 12.3 Å². The number of hydrogen-bond donors (Lipinski definition) is 0. The predicted octanol–water partition coefficient (Wildman–Crippen LogP) is 0.754. The highest BCUT2D eigenvalue weighted by atomic mass is 16.5. The Kier molecular flexibility index (Phi) is 1.09. The molecule has 2 saturated heterocycles. The first-order chi connectivity index (χ1) is 4.36. The molecule has 9 heavy (non-hydrogen) atoms. The molecule has 2 aliphatic heterocycles. The zero-order chi connectivity index (χ0) is 6.27. The Balaban J connectivity index is 2.15. The first kappa shape index (κ1) is 5.42. The Morgan fingerprint density at radius 1 is 1.44 bits per heavy atom. The Hall–Kier alpha value is -0.370. The van der Waals surface area contributed by atoms with Crippen molar-refractivity contribution in [2.24, 2.45) is 5.92 Å². The van der Waals surface area contributed by atoms with Crippen molar-refractivity contribution in [3.63, 3.8) is 0 Å². The van der Waals surface area contributed by atoms with Crippen LogP contribution in [0.4, 0.5) is 0 Å². The van der Waals surface area contributed by atoms with Crippen LogP contribution < -0.4 is 0 Å². The zero-order valence-corrected chi connectivity index (χ0v) is 5.30. The molecule has 2 bridgehead atoms. The molecule has 50 valence electrons. The van der Waals surface area contributed by atoms with Crippen molar-refractivity contribution in [2.75, 3.05) is 6.61 Å². The largest absolute Gasteiger partial charge is 0.377 e. The van der Waals surface area contributed by atoms with Gasteiger partial charge in [-0.3, -0.25) is 4.79 Å². The summed E-state index contributed by atoms with van der Waals surface area (Å²) >= 11 is 0. The lowest BCUT2D eigenvalue weighted by molar-refractivity contribution is -0.143. The minimum Gasteiger partial charge on any atom is -0.377 e. The summed E-state index contributed by atoms with van der Waals surface area (Å²) in [6.07, 6.45) is 3.15. The number of fused-ring (bicyclic) bond motifs is 3. The van der Waals surface area contributed by atoms with E-state index in [-0.39, 0.29) is 12.0 Å². The predicted molar refractivity (Wildman–Crippen MR) is 32.1 cm³/mol. The fourth-order valence-electron chi connectivity index (χ4n) is 1.61. The molecule has 0 spiro atoms. The molecule has 2 unspecified atom stereocenters. The van der Waals surface area contributed by atoms with Gasteiger partial charge in [-0.1, -0.05) is 0 Å². The summed E-state index contributed by atoms with van der Waals surface area (Å²) in [4.78, 5) is 11.0. The first-order valence-electron chi connectivity index (χ1n) is 3.50. The van der Waals surface area contributed by atoms with Gasteiger partial charge in [-0.25, -0.2) is 0 Å². The van der Waals surface area contributed by atoms with Crippen LogP contribution in [0.25, 0.3) is 0 Å². The van der Waals surface area contributed by atoms with Crippen molar-refractivity contribution >= 4 is 5.78 Å². The average Bonchev–Trinajstić information content (AvgIpc) is 1.90. The third kappa shape index (κ3) is 0.778. The van der Waals surface area contributed by atoms with Gasteiger partial charge in [-0.2, -0.15) is 0 Å². The molecule has 0 aromatic heterocycles. The number of hydrogen-bond acceptors (Lipinski definition) is 2. The summed E-state index contributed by atoms with van der Waals surface area (Å²) < 4.78 is 5.33. The highest BCUT2D eigenvalue weighted by Crippen LogP contribution is 2.29. The van der Waals surface area contributed by atoms with E-state index < -0.39 is 0 Å². The normalized spacial score (nSPS) is 41.6. The average molecular weight is 126 g/mol. The lowest BCUT2D eigenvalue weighted by atomic mass is 9.84. The third-order valence-electron chi connectivity index (χ3n) is 2.25. The lowest BCUT2D eigenvalue weighted by Crippen LogP contribution is -2.39. The highest BCUT2D eigenvalue weighted by molar-refractivity contribution is 5.83. The van der Waals surface area contributed by atoms with Gasteiger partial charge >= 0.3 is 0 Å². The standard InChI is InChI=1S/C7H10O2/c8-7-3-6-2-1-5(7)4-9-6/h5-6H,1-4H2. The quantitative estimate of drug-likeness (QED) is 0.479. The number of ether oxygens (including phenoxy) is 1. The Bertz CT molecular complexity index is 134. The van der Waals surface area contributed by atoms with Crippen molar-refractivity contribution in [2.45, 2.75) is 25.4 Å². The zero-order valence-electron chi connectivity index (χ0n) is 5.30. The highest BCUT2D eigenvalue weighted by Gasteiger charge is 2.34. The van der Waals surface area contributed by atoms with E-state index in [0.29, 0.717) is 18.8 Å². The molecule has 0 amide bonds. The van der Waals surface area contributed by atoms with Crippen LogP contribution in [0.15, 0.2) is 0 Å². The van der Waals surface area contributed by atoms with Crippen molar-refractivity contribution in [1.82, 2.24) is 0 Å². The second kappa shape index (κ2) is 1.81. The van der Waals surface area contributed by atoms with E-state index in [0.717, 1.165) is 12.8 Å². The number of ketones is 1. The number of rotatable bonds is 0. The van der Waals surface area contributed by atoms with Crippen LogP contribution in [0.2, 0.25) is 0 Å². The van der Waals surface area contributed by atoms with Gasteiger partial charge in [0.1, 0.15) is 5.78 Å². The Labute approximate surface area is 54.2 Å². The molecule has 1 saturated carbocycles. The molecule has 3 rings (SSSR count). The molecule has 0 aromatic rings. The topological polar surface area (TPSA) is 26.3 Å². The summed E-state index contributed by atoms with van der Waals surface area (Å²) in [6.45, 7) is 0.698. The van der Waals surface area contributed by atoms with Crippen LogP contribution in [0, 0.1) is 5.92 Å². The molecule has 3 aliphatic rings. The molecule has 0 aromatic carbocycles. The van der Waals surface area contributed by atoms with Crippen LogP contribution in [0.1, 0.15) is 19.3 Å². The lowest BCUT2D eigenvalue weighted by Gasteiger charge is -2.34. The summed E-state index contributed by atoms with van der Waals surface area (Å²) in [7, 11) is 0. The van der Waals surface area contributed by atoms with Crippen molar-refractivity contribution in [1.29, 1.82) is 0 Å². The van der Waals surface area contributed by atoms with Gasteiger partial charge in [-0.05, 0) is 12.8 Å². The molecule has 0 radical (unpaired) electrons. The van der Waals surface area contributed by atoms with Gasteiger partial charge in [0.05, 0.1) is 12.7 Å². The summed E-state index contributed by atoms with van der Waals surface area (Å²) in [5, 5.41) is 0. The van der Waals surface area contributed by atoms with E-state index >= 15 is 0 Å². The second-order valence-corrected chi connectivity index (χ2v) is 2.90. The fourth-order valence-corrected chi connectivity index (χ4v) is 1.61. The molecule has 0 N–H and O–H groups in total. The maximum absolute atomic E-state index is 11.0. The molecule has 1 aliphatic carbocycles. The minimum absolute atomic E-state index is 0.259. The molecular formula is C7H10O2. The SMILES string of the molecule is O=C1CC2CCC1CO2. The van der Waals surface area contributed by atoms with Crippen LogP contribution in [0.3, 0.4) is 0 Å². The van der Waals surface area contributed by atoms with Crippen molar-refractivity contribution in [3.8, 4) is 0 Å². The maximum atomic E-state index is 11.0. The summed E-state index contributed by atoms with van der Waals surface area (Å²) in [6, 6.07) is 0. The molecule has 3 fully saturated rings. The molecule has 2 nitrogen and oxygen atoms in total. The van der Waals surface area contributed by atoms with Crippen LogP contribution in [-0.4, -0.2) is 18.5 Å². The molecule has 2 heteroatoms. The monoisotopic (exact) mass is 126 g/mol. The Morgan fingerprint density at radius 2 is 2.33 bits per heavy atom. The van der Waals surface area contributed by atoms with E-state index in [4.69, 9.17) is 4.74 Å². The van der Waals surface area contributed by atoms with E-state index in [1.165, 1.54) is 0 Å². The summed E-state index contributed by atoms with van der Waals surface area (Å²) in [5.74, 6) is 0.688. The summed E-state index contributed by atoms with van der Waals surface area (Å²) in [5.41, 5.74) is 0. The van der Waals surface area contributed by atoms with E-state index in [1.807, 2.05) is 0 Å². The fraction of sp³-hybridized carbons (Fsp3) is 0.857. The molecular weight excluding hydrogens is 116 g/mol. The van der Waals surface area contributed by atoms with E-state index in [2.05, 4.69) is 0 Å². The van der Waals surface area contributed by atoms with Crippen LogP contribution in [0.5, 0.6) is 0 Å². The van der Waals surface area contributed by atoms with Gasteiger partial charge in [0.2, 0.25) is 0 Å². The van der Waals surface area contributed by atoms with Gasteiger partial charge < -0.3 is 4.74 Å². The van der Waals surface area contributed by atoms with Gasteiger partial charge in [0.15, 0.2) is 0 Å². The van der Waals surface area contributed by atoms with Crippen molar-refractivity contribution in [3.05, 3.63) is 0 Å². The number of carbonyl (C=O) groups excluding carboxylic acids is 1. The number of carbonyl (C=O) groups is 1. The maximum Gasteiger partial charge on any atom is 0.140 e. The van der Waals surface area contributed by atoms with E-state index in [1.54, 1.807) is 0 Å². The minimum atomic E-state index is 0.259. The second-order valence-electron chi connectivity index (χ2n) is 2.90. The molecule has 2 heterocycles. The van der Waals surface area contributed by atoms with Crippen LogP contribution in [-0.2, 0) is 9.53 Å². The number of Topliss-reactive ketones (excluding diaryl/α,β-unsaturated/α-hetero) is 1. The van der Waals surface area contributed by atoms with Crippen LogP contribution >= 0.6 is 0 Å². The van der Waals surface area contributed by atoms with Gasteiger partial charge in [-0.15, -0.1) is 0 Å². The van der Waals surface area contributed by atoms with Gasteiger partial charge in [0.25, 0.3) is 0 Å². The molecule has 2 atom stereocenters. The smallest absolute Gasteiger partial charge is 0.140 e. The Morgan fingerprint density at radius 3 is 2.56 bits per heavy atom. The third-order valence-corrected chi connectivity index (χ3v) is 2.25. The first-order valence-corrected chi connectivity index (χ1v) is 3.50. The van der Waals surface area contributed by atoms with Crippen molar-refractivity contribution < 1.29 is 9.53 Å². The van der Waals surface area contributed by atoms with E-state index in [9.17, 15) is 4.79 Å².